The molecule has 516 valence electrons. The lowest BCUT2D eigenvalue weighted by atomic mass is 10.0. The minimum atomic E-state index is 0.612. The third-order valence-electron chi connectivity index (χ3n) is 20.2. The Morgan fingerprint density at radius 1 is 0.213 bits per heavy atom. The topological polar surface area (TPSA) is 136 Å². The Morgan fingerprint density at radius 3 is 0.722 bits per heavy atom. The van der Waals surface area contributed by atoms with Crippen LogP contribution >= 0.6 is 0 Å². The third-order valence-corrected chi connectivity index (χ3v) is 20.2. The highest BCUT2D eigenvalue weighted by atomic mass is 15.2. The first-order chi connectivity index (χ1) is 53.2. The van der Waals surface area contributed by atoms with Gasteiger partial charge in [-0.1, -0.05) is 170 Å². The molecule has 108 heavy (non-hydrogen) atoms. The van der Waals surface area contributed by atoms with Crippen molar-refractivity contribution in [3.05, 3.63) is 340 Å². The second-order valence-electron chi connectivity index (χ2n) is 27.1. The molecule has 0 N–H and O–H groups in total. The van der Waals surface area contributed by atoms with Gasteiger partial charge in [-0.15, -0.1) is 0 Å². The molecule has 0 saturated carbocycles. The van der Waals surface area contributed by atoms with Crippen molar-refractivity contribution >= 4 is 133 Å². The summed E-state index contributed by atoms with van der Waals surface area (Å²) in [4.78, 5) is 47.4. The fourth-order valence-corrected chi connectivity index (χ4v) is 15.2. The van der Waals surface area contributed by atoms with Gasteiger partial charge in [0.15, 0.2) is 0 Å². The highest BCUT2D eigenvalue weighted by Gasteiger charge is 2.23. The maximum atomic E-state index is 5.00. The molecule has 20 rings (SSSR count). The van der Waals surface area contributed by atoms with E-state index in [0.29, 0.717) is 23.8 Å². The van der Waals surface area contributed by atoms with Crippen molar-refractivity contribution in [1.29, 1.82) is 0 Å². The quantitative estimate of drug-likeness (QED) is 0.103. The van der Waals surface area contributed by atoms with Crippen LogP contribution < -0.4 is 19.6 Å². The summed E-state index contributed by atoms with van der Waals surface area (Å²) in [5.41, 5.74) is 18.9. The number of hydrogen-bond donors (Lipinski definition) is 0. The average molecular weight is 1400 g/mol. The molecule has 0 aliphatic carbocycles. The van der Waals surface area contributed by atoms with E-state index in [0.717, 1.165) is 144 Å². The molecule has 0 spiro atoms. The Balaban J connectivity index is 0.000000158. The highest BCUT2D eigenvalue weighted by molar-refractivity contribution is 6.14. The van der Waals surface area contributed by atoms with Crippen LogP contribution in [0.15, 0.2) is 340 Å². The Bertz CT molecular complexity index is 6260. The van der Waals surface area contributed by atoms with Gasteiger partial charge in [-0.2, -0.15) is 9.97 Å². The molecule has 16 heteroatoms. The van der Waals surface area contributed by atoms with Crippen LogP contribution in [0, 0.1) is 0 Å². The lowest BCUT2D eigenvalue weighted by molar-refractivity contribution is 0.956. The molecule has 12 aromatic carbocycles. The molecule has 20 aromatic rings. The molecule has 0 saturated heterocycles. The zero-order valence-corrected chi connectivity index (χ0v) is 59.5. The number of hydrogen-bond acceptors (Lipinski definition) is 12. The van der Waals surface area contributed by atoms with E-state index >= 15 is 0 Å². The van der Waals surface area contributed by atoms with Crippen molar-refractivity contribution in [2.75, 3.05) is 47.8 Å². The van der Waals surface area contributed by atoms with Gasteiger partial charge in [0, 0.05) is 106 Å². The van der Waals surface area contributed by atoms with E-state index in [1.54, 1.807) is 0 Å². The third kappa shape index (κ3) is 11.3. The van der Waals surface area contributed by atoms with Gasteiger partial charge in [0.1, 0.15) is 11.6 Å². The summed E-state index contributed by atoms with van der Waals surface area (Å²) in [6.45, 7) is 0. The van der Waals surface area contributed by atoms with Crippen molar-refractivity contribution in [3.63, 3.8) is 0 Å². The van der Waals surface area contributed by atoms with E-state index in [-0.39, 0.29) is 0 Å². The molecule has 0 amide bonds. The Kier molecular flexibility index (Phi) is 16.0. The summed E-state index contributed by atoms with van der Waals surface area (Å²) in [6.07, 6.45) is 11.3. The first-order valence-electron chi connectivity index (χ1n) is 35.8. The molecule has 0 aliphatic heterocycles. The monoisotopic (exact) mass is 1400 g/mol. The molecular weight excluding hydrogens is 1330 g/mol. The van der Waals surface area contributed by atoms with Gasteiger partial charge in [-0.25, -0.2) is 29.9 Å². The molecule has 0 unspecified atom stereocenters. The minimum absolute atomic E-state index is 0.612. The fourth-order valence-electron chi connectivity index (χ4n) is 15.2. The van der Waals surface area contributed by atoms with Gasteiger partial charge in [-0.3, -0.25) is 18.3 Å². The summed E-state index contributed by atoms with van der Waals surface area (Å²) in [5.74, 6) is 4.27. The normalized spacial score (nSPS) is 11.5. The smallest absolute Gasteiger partial charge is 0.236 e. The molecule has 8 heterocycles. The molecule has 0 aliphatic rings. The summed E-state index contributed by atoms with van der Waals surface area (Å²) < 4.78 is 8.63. The van der Waals surface area contributed by atoms with Gasteiger partial charge < -0.3 is 19.6 Å². The fraction of sp³-hybridized carbons (Fsp3) is 0.0435. The van der Waals surface area contributed by atoms with Gasteiger partial charge in [-0.05, 0) is 156 Å². The van der Waals surface area contributed by atoms with Crippen LogP contribution in [-0.4, -0.2) is 86.3 Å². The van der Waals surface area contributed by atoms with Crippen LogP contribution in [0.3, 0.4) is 0 Å². The van der Waals surface area contributed by atoms with Gasteiger partial charge in [0.25, 0.3) is 0 Å². The molecular formula is C92H68N16. The average Bonchev–Trinajstić information content (AvgIpc) is 1.60. The van der Waals surface area contributed by atoms with Gasteiger partial charge in [0.2, 0.25) is 23.8 Å². The molecule has 0 fully saturated rings. The van der Waals surface area contributed by atoms with Crippen LogP contribution in [0.4, 0.5) is 45.8 Å². The lowest BCUT2D eigenvalue weighted by Crippen LogP contribution is -2.12. The number of aromatic nitrogens is 12. The predicted octanol–water partition coefficient (Wildman–Crippen LogP) is 21.3. The first kappa shape index (κ1) is 64.2. The van der Waals surface area contributed by atoms with Crippen molar-refractivity contribution in [3.8, 4) is 46.0 Å². The first-order valence-corrected chi connectivity index (χ1v) is 35.8. The van der Waals surface area contributed by atoms with Crippen molar-refractivity contribution in [1.82, 2.24) is 58.1 Å². The standard InChI is InChI=1S/C56H38N8.C36H30N8/c1-5-17-41(18-6-1)61(42-19-7-2-8-20-42)45-35-57-55(58-36-45)63-51-27-15-13-25-47(51)49-33-39(29-31-53(49)63)40-30-32-54-50(34-40)48-26-14-16-28-52(48)64(54)56-59-37-46(38-60-56)62(43-21-9-3-10-22-43)44-23-11-4-12-24-44;1-41(2)33-17-19-37-35(39-33)43-29-11-7-5-9-25(29)27-21-23(13-15-31(27)43)24-14-16-32-28(22-24)26-10-6-8-12-30(26)44(32)36-38-20-18-34(40-36)42(3)4/h1-38H;5-22H,1-4H3. The summed E-state index contributed by atoms with van der Waals surface area (Å²) in [5, 5.41) is 9.19. The maximum Gasteiger partial charge on any atom is 0.236 e. The van der Waals surface area contributed by atoms with Crippen LogP contribution in [-0.2, 0) is 0 Å². The van der Waals surface area contributed by atoms with Crippen LogP contribution in [0.25, 0.3) is 133 Å². The Labute approximate surface area is 621 Å². The van der Waals surface area contributed by atoms with E-state index in [1.807, 2.05) is 160 Å². The van der Waals surface area contributed by atoms with E-state index in [9.17, 15) is 0 Å². The second kappa shape index (κ2) is 26.9. The molecule has 0 bridgehead atoms. The molecule has 0 atom stereocenters. The summed E-state index contributed by atoms with van der Waals surface area (Å²) >= 11 is 0. The van der Waals surface area contributed by atoms with Gasteiger partial charge in [0.05, 0.1) is 80.3 Å². The molecule has 0 radical (unpaired) electrons. The zero-order valence-electron chi connectivity index (χ0n) is 59.5. The number of fused-ring (bicyclic) bond motifs is 12. The maximum absolute atomic E-state index is 5.00. The summed E-state index contributed by atoms with van der Waals surface area (Å²) in [7, 11) is 7.97. The van der Waals surface area contributed by atoms with Crippen molar-refractivity contribution < 1.29 is 0 Å². The lowest BCUT2D eigenvalue weighted by Gasteiger charge is -2.24. The molecule has 16 nitrogen and oxygen atoms in total. The Morgan fingerprint density at radius 2 is 0.454 bits per heavy atom. The number of benzene rings is 12. The SMILES string of the molecule is CN(C)c1ccnc(-n2c3ccccc3c3cc(-c4ccc5c(c4)c4ccccc4n5-c4nccc(N(C)C)n4)ccc32)n1.c1ccc(N(c2ccccc2)c2cnc(-n3c4ccccc4c4cc(-c5ccc6c(c5)c5ccccc5n6-c5ncc(N(c6ccccc6)c6ccccc6)cn5)ccc43)nc2)cc1. The van der Waals surface area contributed by atoms with E-state index < -0.39 is 0 Å². The number of rotatable bonds is 14. The number of nitrogens with zero attached hydrogens (tertiary/aromatic N) is 16. The van der Waals surface area contributed by atoms with Crippen LogP contribution in [0.1, 0.15) is 0 Å². The van der Waals surface area contributed by atoms with Crippen molar-refractivity contribution in [2.45, 2.75) is 0 Å². The van der Waals surface area contributed by atoms with Gasteiger partial charge >= 0.3 is 0 Å². The van der Waals surface area contributed by atoms with Crippen molar-refractivity contribution in [2.24, 2.45) is 0 Å². The van der Waals surface area contributed by atoms with E-state index in [4.69, 9.17) is 29.9 Å². The Hall–Kier alpha value is -14.6. The summed E-state index contributed by atoms with van der Waals surface area (Å²) in [6, 6.07) is 106. The van der Waals surface area contributed by atoms with Crippen LogP contribution in [0.5, 0.6) is 0 Å². The van der Waals surface area contributed by atoms with E-state index in [2.05, 4.69) is 256 Å². The largest absolute Gasteiger partial charge is 0.363 e. The van der Waals surface area contributed by atoms with E-state index in [1.165, 1.54) is 10.8 Å². The number of anilines is 8. The predicted molar refractivity (Wildman–Crippen MR) is 441 cm³/mol. The highest BCUT2D eigenvalue weighted by Crippen LogP contribution is 2.43. The zero-order chi connectivity index (χ0) is 72.3. The van der Waals surface area contributed by atoms with Crippen LogP contribution in [0.2, 0.25) is 0 Å². The second-order valence-corrected chi connectivity index (χ2v) is 27.1. The number of para-hydroxylation sites is 8. The molecule has 8 aromatic heterocycles. The minimum Gasteiger partial charge on any atom is -0.363 e.